The van der Waals surface area contributed by atoms with E-state index in [9.17, 15) is 0 Å². The van der Waals surface area contributed by atoms with Gasteiger partial charge in [-0.1, -0.05) is 0 Å². The van der Waals surface area contributed by atoms with Crippen LogP contribution in [0, 0.1) is 6.92 Å². The zero-order valence-electron chi connectivity index (χ0n) is 9.03. The quantitative estimate of drug-likeness (QED) is 0.822. The number of aryl methyl sites for hydroxylation is 1. The van der Waals surface area contributed by atoms with Crippen LogP contribution in [0.1, 0.15) is 5.69 Å². The number of methoxy groups -OCH3 is 1. The average Bonchev–Trinajstić information content (AvgIpc) is 2.56. The first-order valence-corrected chi connectivity index (χ1v) is 4.97. The maximum absolute atomic E-state index is 5.53. The van der Waals surface area contributed by atoms with Gasteiger partial charge in [-0.05, 0) is 25.1 Å². The third kappa shape index (κ3) is 1.68. The van der Waals surface area contributed by atoms with Crippen LogP contribution in [0.15, 0.2) is 18.2 Å². The topological polar surface area (TPSA) is 53.1 Å². The lowest BCUT2D eigenvalue weighted by Gasteiger charge is -2.02. The van der Waals surface area contributed by atoms with Crippen LogP contribution in [0.25, 0.3) is 10.9 Å². The third-order valence-electron chi connectivity index (χ3n) is 2.48. The van der Waals surface area contributed by atoms with Crippen LogP contribution in [0.4, 0.5) is 0 Å². The number of hydrogen-bond acceptors (Lipinski definition) is 3. The van der Waals surface area contributed by atoms with Gasteiger partial charge in [0.1, 0.15) is 5.75 Å². The normalized spacial score (nSPS) is 10.9. The molecule has 0 saturated carbocycles. The molecule has 0 aliphatic rings. The van der Waals surface area contributed by atoms with Crippen molar-refractivity contribution in [2.75, 3.05) is 13.7 Å². The van der Waals surface area contributed by atoms with Crippen molar-refractivity contribution in [3.05, 3.63) is 23.9 Å². The molecule has 0 spiro atoms. The molecule has 1 aromatic carbocycles. The molecule has 0 atom stereocenters. The van der Waals surface area contributed by atoms with Gasteiger partial charge in [0.15, 0.2) is 0 Å². The fraction of sp³-hybridized carbons (Fsp3) is 0.364. The van der Waals surface area contributed by atoms with Crippen molar-refractivity contribution in [2.45, 2.75) is 13.5 Å². The van der Waals surface area contributed by atoms with Gasteiger partial charge in [0.05, 0.1) is 24.9 Å². The predicted octanol–water partition coefficient (Wildman–Crippen LogP) is 1.31. The van der Waals surface area contributed by atoms with E-state index in [2.05, 4.69) is 5.10 Å². The number of nitrogens with zero attached hydrogens (tertiary/aromatic N) is 2. The molecule has 2 rings (SSSR count). The van der Waals surface area contributed by atoms with Crippen LogP contribution in [-0.2, 0) is 6.54 Å². The number of ether oxygens (including phenoxy) is 1. The number of benzene rings is 1. The number of fused-ring (bicyclic) bond motifs is 1. The Morgan fingerprint density at radius 1 is 1.47 bits per heavy atom. The lowest BCUT2D eigenvalue weighted by Crippen LogP contribution is -2.10. The van der Waals surface area contributed by atoms with E-state index in [1.165, 1.54) is 0 Å². The summed E-state index contributed by atoms with van der Waals surface area (Å²) in [5, 5.41) is 5.56. The fourth-order valence-corrected chi connectivity index (χ4v) is 1.74. The van der Waals surface area contributed by atoms with Crippen LogP contribution < -0.4 is 10.5 Å². The molecule has 0 saturated heterocycles. The van der Waals surface area contributed by atoms with E-state index in [0.29, 0.717) is 6.54 Å². The molecule has 0 bridgehead atoms. The second-order valence-electron chi connectivity index (χ2n) is 3.48. The molecule has 80 valence electrons. The molecule has 0 aliphatic heterocycles. The smallest absolute Gasteiger partial charge is 0.119 e. The van der Waals surface area contributed by atoms with Crippen LogP contribution >= 0.6 is 0 Å². The highest BCUT2D eigenvalue weighted by Crippen LogP contribution is 2.23. The molecule has 2 N–H and O–H groups in total. The molecule has 0 unspecified atom stereocenters. The van der Waals surface area contributed by atoms with Crippen molar-refractivity contribution in [2.24, 2.45) is 5.73 Å². The van der Waals surface area contributed by atoms with Crippen LogP contribution in [0.5, 0.6) is 5.75 Å². The second-order valence-corrected chi connectivity index (χ2v) is 3.48. The predicted molar refractivity (Wildman–Crippen MR) is 60.1 cm³/mol. The Labute approximate surface area is 88.6 Å². The number of hydrogen-bond donors (Lipinski definition) is 1. The summed E-state index contributed by atoms with van der Waals surface area (Å²) in [5.74, 6) is 0.859. The maximum Gasteiger partial charge on any atom is 0.119 e. The summed E-state index contributed by atoms with van der Waals surface area (Å²) in [4.78, 5) is 0. The molecule has 4 nitrogen and oxygen atoms in total. The minimum absolute atomic E-state index is 0.599. The first kappa shape index (κ1) is 9.98. The van der Waals surface area contributed by atoms with E-state index in [1.54, 1.807) is 7.11 Å². The summed E-state index contributed by atoms with van der Waals surface area (Å²) < 4.78 is 7.12. The summed E-state index contributed by atoms with van der Waals surface area (Å²) in [5.41, 5.74) is 7.65. The van der Waals surface area contributed by atoms with Crippen molar-refractivity contribution in [1.82, 2.24) is 9.78 Å². The minimum Gasteiger partial charge on any atom is -0.497 e. The average molecular weight is 205 g/mol. The highest BCUT2D eigenvalue weighted by molar-refractivity contribution is 5.83. The highest BCUT2D eigenvalue weighted by Gasteiger charge is 2.07. The molecule has 1 aromatic heterocycles. The van der Waals surface area contributed by atoms with Crippen LogP contribution in [0.3, 0.4) is 0 Å². The van der Waals surface area contributed by atoms with E-state index in [0.717, 1.165) is 28.9 Å². The third-order valence-corrected chi connectivity index (χ3v) is 2.48. The summed E-state index contributed by atoms with van der Waals surface area (Å²) in [6, 6.07) is 5.96. The molecule has 2 aromatic rings. The molecule has 0 aliphatic carbocycles. The Kier molecular flexibility index (Phi) is 2.60. The molecule has 0 fully saturated rings. The first-order valence-electron chi connectivity index (χ1n) is 4.97. The molecule has 1 heterocycles. The van der Waals surface area contributed by atoms with Gasteiger partial charge in [-0.25, -0.2) is 0 Å². The van der Waals surface area contributed by atoms with Gasteiger partial charge < -0.3 is 10.5 Å². The zero-order chi connectivity index (χ0) is 10.8. The summed E-state index contributed by atoms with van der Waals surface area (Å²) in [7, 11) is 1.67. The Balaban J connectivity index is 2.59. The largest absolute Gasteiger partial charge is 0.497 e. The number of rotatable bonds is 3. The maximum atomic E-state index is 5.53. The van der Waals surface area contributed by atoms with Gasteiger partial charge in [-0.2, -0.15) is 5.10 Å². The van der Waals surface area contributed by atoms with E-state index < -0.39 is 0 Å². The Hall–Kier alpha value is -1.55. The van der Waals surface area contributed by atoms with E-state index in [4.69, 9.17) is 10.5 Å². The van der Waals surface area contributed by atoms with Gasteiger partial charge in [0.2, 0.25) is 0 Å². The SMILES string of the molecule is COc1ccc2c(c1)c(C)nn2CCN. The summed E-state index contributed by atoms with van der Waals surface area (Å²) in [6.45, 7) is 3.34. The van der Waals surface area contributed by atoms with Gasteiger partial charge in [0, 0.05) is 11.9 Å². The second kappa shape index (κ2) is 3.90. The summed E-state index contributed by atoms with van der Waals surface area (Å²) in [6.07, 6.45) is 0. The molecule has 0 amide bonds. The van der Waals surface area contributed by atoms with Gasteiger partial charge >= 0.3 is 0 Å². The Morgan fingerprint density at radius 2 is 2.27 bits per heavy atom. The standard InChI is InChI=1S/C11H15N3O/c1-8-10-7-9(15-2)3-4-11(10)14(13-8)6-5-12/h3-4,7H,5-6,12H2,1-2H3. The molecule has 15 heavy (non-hydrogen) atoms. The van der Waals surface area contributed by atoms with Crippen molar-refractivity contribution in [3.63, 3.8) is 0 Å². The fourth-order valence-electron chi connectivity index (χ4n) is 1.74. The van der Waals surface area contributed by atoms with Crippen molar-refractivity contribution >= 4 is 10.9 Å². The van der Waals surface area contributed by atoms with Crippen LogP contribution in [-0.4, -0.2) is 23.4 Å². The Morgan fingerprint density at radius 3 is 2.93 bits per heavy atom. The lowest BCUT2D eigenvalue weighted by molar-refractivity contribution is 0.415. The van der Waals surface area contributed by atoms with E-state index >= 15 is 0 Å². The summed E-state index contributed by atoms with van der Waals surface area (Å²) >= 11 is 0. The van der Waals surface area contributed by atoms with Gasteiger partial charge in [-0.15, -0.1) is 0 Å². The number of aromatic nitrogens is 2. The molecule has 4 heteroatoms. The first-order chi connectivity index (χ1) is 7.26. The van der Waals surface area contributed by atoms with Gasteiger partial charge in [-0.3, -0.25) is 4.68 Å². The lowest BCUT2D eigenvalue weighted by atomic mass is 10.2. The Bertz CT molecular complexity index is 476. The highest BCUT2D eigenvalue weighted by atomic mass is 16.5. The van der Waals surface area contributed by atoms with Gasteiger partial charge in [0.25, 0.3) is 0 Å². The molecular formula is C11H15N3O. The van der Waals surface area contributed by atoms with Crippen LogP contribution in [0.2, 0.25) is 0 Å². The minimum atomic E-state index is 0.599. The monoisotopic (exact) mass is 205 g/mol. The van der Waals surface area contributed by atoms with E-state index in [-0.39, 0.29) is 0 Å². The zero-order valence-corrected chi connectivity index (χ0v) is 9.03. The number of nitrogens with two attached hydrogens (primary N) is 1. The molecular weight excluding hydrogens is 190 g/mol. The van der Waals surface area contributed by atoms with Crippen molar-refractivity contribution < 1.29 is 4.74 Å². The van der Waals surface area contributed by atoms with Crippen molar-refractivity contribution in [3.8, 4) is 5.75 Å². The van der Waals surface area contributed by atoms with Crippen molar-refractivity contribution in [1.29, 1.82) is 0 Å². The van der Waals surface area contributed by atoms with E-state index in [1.807, 2.05) is 29.8 Å². The molecule has 0 radical (unpaired) electrons.